The summed E-state index contributed by atoms with van der Waals surface area (Å²) in [5.41, 5.74) is 6.68. The number of ether oxygens (including phenoxy) is 1. The van der Waals surface area contributed by atoms with Crippen LogP contribution in [0.15, 0.2) is 36.4 Å². The fraction of sp³-hybridized carbons (Fsp3) is 0.368. The van der Waals surface area contributed by atoms with Gasteiger partial charge in [0.25, 0.3) is 0 Å². The largest absolute Gasteiger partial charge is 0.493 e. The normalized spacial score (nSPS) is 17.8. The molecule has 1 nitrogen and oxygen atoms in total. The van der Waals surface area contributed by atoms with Crippen LogP contribution in [0.1, 0.15) is 46.0 Å². The fourth-order valence-electron chi connectivity index (χ4n) is 3.48. The highest BCUT2D eigenvalue weighted by Crippen LogP contribution is 2.35. The van der Waals surface area contributed by atoms with Crippen LogP contribution < -0.4 is 4.74 Å². The third-order valence-corrected chi connectivity index (χ3v) is 5.14. The molecule has 1 unspecified atom stereocenters. The highest BCUT2D eigenvalue weighted by atomic mass is 35.5. The lowest BCUT2D eigenvalue weighted by Gasteiger charge is -2.19. The molecule has 0 amide bonds. The zero-order valence-corrected chi connectivity index (χ0v) is 12.8. The molecule has 2 aromatic carbocycles. The van der Waals surface area contributed by atoms with Crippen molar-refractivity contribution in [1.29, 1.82) is 0 Å². The zero-order valence-electron chi connectivity index (χ0n) is 12.1. The van der Waals surface area contributed by atoms with E-state index in [1.165, 1.54) is 47.1 Å². The quantitative estimate of drug-likeness (QED) is 0.722. The van der Waals surface area contributed by atoms with E-state index in [4.69, 9.17) is 16.3 Å². The van der Waals surface area contributed by atoms with E-state index < -0.39 is 0 Å². The summed E-state index contributed by atoms with van der Waals surface area (Å²) < 4.78 is 5.68. The average molecular weight is 299 g/mol. The molecule has 1 heterocycles. The highest BCUT2D eigenvalue weighted by molar-refractivity contribution is 6.22. The maximum Gasteiger partial charge on any atom is 0.122 e. The fourth-order valence-corrected chi connectivity index (χ4v) is 3.75. The Hall–Kier alpha value is -1.47. The van der Waals surface area contributed by atoms with E-state index in [-0.39, 0.29) is 5.38 Å². The molecule has 2 aromatic rings. The molecular formula is C19H19ClO. The van der Waals surface area contributed by atoms with Crippen molar-refractivity contribution in [1.82, 2.24) is 0 Å². The van der Waals surface area contributed by atoms with Crippen LogP contribution in [0.5, 0.6) is 5.75 Å². The summed E-state index contributed by atoms with van der Waals surface area (Å²) in [5.74, 6) is 1.03. The van der Waals surface area contributed by atoms with E-state index in [1.54, 1.807) is 0 Å². The van der Waals surface area contributed by atoms with Gasteiger partial charge in [0.05, 0.1) is 12.0 Å². The molecule has 0 fully saturated rings. The molecule has 21 heavy (non-hydrogen) atoms. The second-order valence-corrected chi connectivity index (χ2v) is 6.50. The Labute approximate surface area is 130 Å². The minimum Gasteiger partial charge on any atom is -0.493 e. The monoisotopic (exact) mass is 298 g/mol. The first kappa shape index (κ1) is 13.2. The van der Waals surface area contributed by atoms with Crippen LogP contribution >= 0.6 is 11.6 Å². The van der Waals surface area contributed by atoms with Gasteiger partial charge in [-0.05, 0) is 66.0 Å². The number of fused-ring (bicyclic) bond motifs is 2. The van der Waals surface area contributed by atoms with Gasteiger partial charge in [0, 0.05) is 0 Å². The first-order valence-electron chi connectivity index (χ1n) is 7.83. The Bertz CT molecular complexity index is 677. The maximum atomic E-state index is 6.73. The molecule has 0 spiro atoms. The lowest BCUT2D eigenvalue weighted by Crippen LogP contribution is -2.09. The minimum atomic E-state index is -0.0665. The van der Waals surface area contributed by atoms with Gasteiger partial charge < -0.3 is 4.74 Å². The van der Waals surface area contributed by atoms with Crippen molar-refractivity contribution in [3.63, 3.8) is 0 Å². The van der Waals surface area contributed by atoms with Crippen LogP contribution in [0.4, 0.5) is 0 Å². The van der Waals surface area contributed by atoms with E-state index in [0.29, 0.717) is 0 Å². The van der Waals surface area contributed by atoms with Gasteiger partial charge in [-0.1, -0.05) is 30.3 Å². The Morgan fingerprint density at radius 1 is 0.810 bits per heavy atom. The molecule has 0 saturated heterocycles. The van der Waals surface area contributed by atoms with Crippen LogP contribution in [0.25, 0.3) is 0 Å². The first-order valence-corrected chi connectivity index (χ1v) is 8.26. The number of aryl methyl sites for hydroxylation is 3. The van der Waals surface area contributed by atoms with E-state index in [2.05, 4.69) is 36.4 Å². The van der Waals surface area contributed by atoms with Crippen LogP contribution in [0, 0.1) is 0 Å². The van der Waals surface area contributed by atoms with Crippen molar-refractivity contribution in [2.24, 2.45) is 0 Å². The molecule has 4 rings (SSSR count). The minimum absolute atomic E-state index is 0.0665. The van der Waals surface area contributed by atoms with E-state index in [9.17, 15) is 0 Å². The molecule has 108 valence electrons. The molecular weight excluding hydrogens is 280 g/mol. The van der Waals surface area contributed by atoms with E-state index in [1.807, 2.05) is 0 Å². The summed E-state index contributed by atoms with van der Waals surface area (Å²) in [6, 6.07) is 13.2. The molecule has 0 saturated carbocycles. The molecule has 0 N–H and O–H groups in total. The smallest absolute Gasteiger partial charge is 0.122 e. The summed E-state index contributed by atoms with van der Waals surface area (Å²) in [6.45, 7) is 0.835. The third-order valence-electron chi connectivity index (χ3n) is 4.64. The summed E-state index contributed by atoms with van der Waals surface area (Å²) in [4.78, 5) is 0. The third kappa shape index (κ3) is 2.44. The second kappa shape index (κ2) is 5.38. The molecule has 0 bridgehead atoms. The zero-order chi connectivity index (χ0) is 14.2. The topological polar surface area (TPSA) is 9.23 Å². The van der Waals surface area contributed by atoms with Crippen LogP contribution in [-0.2, 0) is 19.3 Å². The lowest BCUT2D eigenvalue weighted by atomic mass is 9.97. The van der Waals surface area contributed by atoms with Gasteiger partial charge in [0.15, 0.2) is 0 Å². The van der Waals surface area contributed by atoms with Gasteiger partial charge in [-0.3, -0.25) is 0 Å². The van der Waals surface area contributed by atoms with E-state index >= 15 is 0 Å². The van der Waals surface area contributed by atoms with Crippen molar-refractivity contribution in [2.75, 3.05) is 6.61 Å². The molecule has 1 atom stereocenters. The van der Waals surface area contributed by atoms with Crippen molar-refractivity contribution in [2.45, 2.75) is 37.5 Å². The Morgan fingerprint density at radius 3 is 2.43 bits per heavy atom. The lowest BCUT2D eigenvalue weighted by molar-refractivity contribution is 0.288. The highest BCUT2D eigenvalue weighted by Gasteiger charge is 2.18. The Balaban J connectivity index is 1.66. The van der Waals surface area contributed by atoms with Gasteiger partial charge in [-0.15, -0.1) is 11.6 Å². The van der Waals surface area contributed by atoms with Gasteiger partial charge in [0.2, 0.25) is 0 Å². The van der Waals surface area contributed by atoms with Gasteiger partial charge >= 0.3 is 0 Å². The van der Waals surface area contributed by atoms with Crippen molar-refractivity contribution >= 4 is 11.6 Å². The Kier molecular flexibility index (Phi) is 3.39. The Morgan fingerprint density at radius 2 is 1.52 bits per heavy atom. The van der Waals surface area contributed by atoms with E-state index in [0.717, 1.165) is 25.2 Å². The molecule has 1 aliphatic heterocycles. The molecule has 0 aromatic heterocycles. The molecule has 2 aliphatic rings. The van der Waals surface area contributed by atoms with Gasteiger partial charge in [0.1, 0.15) is 5.75 Å². The molecule has 0 radical (unpaired) electrons. The van der Waals surface area contributed by atoms with Crippen molar-refractivity contribution in [3.05, 3.63) is 64.2 Å². The van der Waals surface area contributed by atoms with Crippen LogP contribution in [0.3, 0.4) is 0 Å². The molecule has 1 aliphatic carbocycles. The predicted molar refractivity (Wildman–Crippen MR) is 86.4 cm³/mol. The van der Waals surface area contributed by atoms with Crippen LogP contribution in [0.2, 0.25) is 0 Å². The standard InChI is InChI=1S/C19H19ClO/c20-19(16-7-6-13-3-1-4-14(13)11-16)17-8-9-18-15(12-17)5-2-10-21-18/h6-9,11-12,19H,1-5,10H2. The summed E-state index contributed by atoms with van der Waals surface area (Å²) in [6.07, 6.45) is 5.89. The van der Waals surface area contributed by atoms with Crippen LogP contribution in [-0.4, -0.2) is 6.61 Å². The number of hydrogen-bond donors (Lipinski definition) is 0. The number of rotatable bonds is 2. The van der Waals surface area contributed by atoms with Gasteiger partial charge in [-0.2, -0.15) is 0 Å². The molecule has 2 heteroatoms. The van der Waals surface area contributed by atoms with Crippen molar-refractivity contribution in [3.8, 4) is 5.75 Å². The first-order chi connectivity index (χ1) is 10.3. The number of alkyl halides is 1. The number of benzene rings is 2. The van der Waals surface area contributed by atoms with Crippen molar-refractivity contribution < 1.29 is 4.74 Å². The summed E-state index contributed by atoms with van der Waals surface area (Å²) in [5, 5.41) is -0.0665. The summed E-state index contributed by atoms with van der Waals surface area (Å²) >= 11 is 6.73. The number of hydrogen-bond acceptors (Lipinski definition) is 1. The average Bonchev–Trinajstić information content (AvgIpc) is 3.01. The number of halogens is 1. The van der Waals surface area contributed by atoms with Gasteiger partial charge in [-0.25, -0.2) is 0 Å². The summed E-state index contributed by atoms with van der Waals surface area (Å²) in [7, 11) is 0. The second-order valence-electron chi connectivity index (χ2n) is 6.06. The SMILES string of the molecule is ClC(c1ccc2c(c1)CCC2)c1ccc2c(c1)CCCO2. The predicted octanol–water partition coefficient (Wildman–Crippen LogP) is 4.83. The maximum absolute atomic E-state index is 6.73.